The second-order valence-electron chi connectivity index (χ2n) is 10.1. The van der Waals surface area contributed by atoms with Gasteiger partial charge in [-0.3, -0.25) is 0 Å². The molecule has 0 saturated carbocycles. The Morgan fingerprint density at radius 1 is 0.595 bits per heavy atom. The summed E-state index contributed by atoms with van der Waals surface area (Å²) in [6, 6.07) is 41.0. The van der Waals surface area contributed by atoms with Crippen molar-refractivity contribution < 1.29 is 23.7 Å². The molecule has 42 heavy (non-hydrogen) atoms. The summed E-state index contributed by atoms with van der Waals surface area (Å²) in [5.41, 5.74) is 3.30. The maximum atomic E-state index is 6.89. The van der Waals surface area contributed by atoms with Crippen molar-refractivity contribution in [2.45, 2.75) is 49.2 Å². The molecule has 1 aliphatic rings. The van der Waals surface area contributed by atoms with Crippen molar-refractivity contribution in [3.63, 3.8) is 0 Å². The molecule has 0 spiro atoms. The monoisotopic (exact) mass is 630 g/mol. The normalized spacial score (nSPS) is 22.0. The predicted octanol–water partition coefficient (Wildman–Crippen LogP) is 5.70. The summed E-state index contributed by atoms with van der Waals surface area (Å²) in [6.45, 7) is 6.03. The van der Waals surface area contributed by atoms with Crippen molar-refractivity contribution in [1.82, 2.24) is 0 Å². The molecule has 0 bridgehead atoms. The third-order valence-corrected chi connectivity index (χ3v) is 9.38. The topological polar surface area (TPSA) is 46.2 Å². The Morgan fingerprint density at radius 3 is 1.64 bits per heavy atom. The first-order valence-corrected chi connectivity index (χ1v) is 16.2. The van der Waals surface area contributed by atoms with Gasteiger partial charge < -0.3 is 0 Å². The average Bonchev–Trinajstić information content (AvgIpc) is 3.04. The first-order chi connectivity index (χ1) is 20.8. The Labute approximate surface area is 255 Å². The molecule has 0 N–H and O–H groups in total. The fourth-order valence-corrected chi connectivity index (χ4v) is 7.30. The zero-order valence-corrected chi connectivity index (χ0v) is 25.4. The Kier molecular flexibility index (Phi) is 12.0. The molecule has 0 aliphatic carbocycles. The van der Waals surface area contributed by atoms with E-state index in [0.717, 1.165) is 16.7 Å². The van der Waals surface area contributed by atoms with Crippen LogP contribution in [0.15, 0.2) is 134 Å². The van der Waals surface area contributed by atoms with Gasteiger partial charge in [-0.15, -0.1) is 0 Å². The quantitative estimate of drug-likeness (QED) is 0.125. The summed E-state index contributed by atoms with van der Waals surface area (Å²) < 4.78 is 34.2. The van der Waals surface area contributed by atoms with E-state index < -0.39 is 6.10 Å². The van der Waals surface area contributed by atoms with Crippen molar-refractivity contribution in [2.24, 2.45) is 0 Å². The van der Waals surface area contributed by atoms with E-state index >= 15 is 0 Å². The number of rotatable bonds is 15. The molecular formula is C36H38O5Se. The van der Waals surface area contributed by atoms with Crippen LogP contribution in [0.5, 0.6) is 0 Å². The predicted molar refractivity (Wildman–Crippen MR) is 167 cm³/mol. The van der Waals surface area contributed by atoms with Gasteiger partial charge in [0, 0.05) is 0 Å². The van der Waals surface area contributed by atoms with Crippen molar-refractivity contribution in [1.29, 1.82) is 0 Å². The van der Waals surface area contributed by atoms with Crippen LogP contribution in [-0.4, -0.2) is 57.6 Å². The van der Waals surface area contributed by atoms with E-state index in [1.165, 1.54) is 4.46 Å². The van der Waals surface area contributed by atoms with Crippen LogP contribution in [0.2, 0.25) is 0 Å². The van der Waals surface area contributed by atoms with Gasteiger partial charge in [0.2, 0.25) is 0 Å². The Hall–Kier alpha value is -3.06. The molecule has 0 amide bonds. The second-order valence-corrected chi connectivity index (χ2v) is 12.5. The molecule has 1 aliphatic heterocycles. The SMILES string of the molecule is C=CCO[C@@H]1[C@@H](OCc2ccccc2)[C@H]([Se]c2ccccc2)O[C@H](COCc2ccccc2)[C@H]1OCc1ccccc1. The van der Waals surface area contributed by atoms with Crippen LogP contribution >= 0.6 is 0 Å². The number of benzene rings is 4. The van der Waals surface area contributed by atoms with Gasteiger partial charge in [0.15, 0.2) is 0 Å². The average molecular weight is 630 g/mol. The fraction of sp³-hybridized carbons (Fsp3) is 0.278. The summed E-state index contributed by atoms with van der Waals surface area (Å²) in [6.07, 6.45) is 0.279. The van der Waals surface area contributed by atoms with E-state index in [1.54, 1.807) is 6.08 Å². The van der Waals surface area contributed by atoms with E-state index in [2.05, 4.69) is 67.2 Å². The molecule has 5 rings (SSSR count). The Morgan fingerprint density at radius 2 is 1.10 bits per heavy atom. The van der Waals surface area contributed by atoms with Gasteiger partial charge in [-0.25, -0.2) is 0 Å². The molecule has 1 heterocycles. The Bertz CT molecular complexity index is 1310. The summed E-state index contributed by atoms with van der Waals surface area (Å²) >= 11 is -0.0412. The van der Waals surface area contributed by atoms with Crippen molar-refractivity contribution in [3.8, 4) is 0 Å². The van der Waals surface area contributed by atoms with E-state index in [0.29, 0.717) is 33.0 Å². The van der Waals surface area contributed by atoms with Crippen LogP contribution in [-0.2, 0) is 43.5 Å². The zero-order valence-electron chi connectivity index (χ0n) is 23.7. The van der Waals surface area contributed by atoms with Crippen LogP contribution in [0.3, 0.4) is 0 Å². The molecular weight excluding hydrogens is 591 g/mol. The van der Waals surface area contributed by atoms with Crippen LogP contribution in [0.4, 0.5) is 0 Å². The number of ether oxygens (including phenoxy) is 5. The molecule has 5 atom stereocenters. The standard InChI is InChI=1S/C36H38O5Se/c1-2-23-38-34-33(39-25-29-17-9-4-10-18-29)32(27-37-24-28-15-7-3-8-16-28)41-36(42-31-21-13-6-14-22-31)35(34)40-26-30-19-11-5-12-20-30/h2-22,32-36H,1,23-27H2/t32-,33-,34+,35-,36+/m1/s1. The summed E-state index contributed by atoms with van der Waals surface area (Å²) in [5.74, 6) is 0. The van der Waals surface area contributed by atoms with Gasteiger partial charge >= 0.3 is 256 Å². The third kappa shape index (κ3) is 8.97. The second kappa shape index (κ2) is 16.5. The van der Waals surface area contributed by atoms with E-state index in [1.807, 2.05) is 60.7 Å². The molecule has 1 fully saturated rings. The molecule has 5 nitrogen and oxygen atoms in total. The fourth-order valence-electron chi connectivity index (χ4n) is 4.89. The Balaban J connectivity index is 1.42. The molecule has 1 saturated heterocycles. The van der Waals surface area contributed by atoms with Gasteiger partial charge in [0.1, 0.15) is 0 Å². The van der Waals surface area contributed by atoms with Crippen LogP contribution in [0.25, 0.3) is 0 Å². The van der Waals surface area contributed by atoms with Crippen molar-refractivity contribution in [2.75, 3.05) is 13.2 Å². The van der Waals surface area contributed by atoms with Crippen LogP contribution in [0.1, 0.15) is 16.7 Å². The molecule has 0 radical (unpaired) electrons. The molecule has 4 aromatic rings. The van der Waals surface area contributed by atoms with E-state index in [4.69, 9.17) is 23.7 Å². The first-order valence-electron chi connectivity index (χ1n) is 14.3. The summed E-state index contributed by atoms with van der Waals surface area (Å²) in [5, 5.41) is -0.208. The van der Waals surface area contributed by atoms with Crippen molar-refractivity contribution in [3.05, 3.63) is 151 Å². The van der Waals surface area contributed by atoms with Crippen molar-refractivity contribution >= 4 is 19.4 Å². The molecule has 4 aromatic carbocycles. The molecule has 0 unspecified atom stereocenters. The zero-order chi connectivity index (χ0) is 28.8. The molecule has 0 aromatic heterocycles. The van der Waals surface area contributed by atoms with Gasteiger partial charge in [0.05, 0.1) is 0 Å². The van der Waals surface area contributed by atoms with Crippen LogP contribution in [0, 0.1) is 0 Å². The van der Waals surface area contributed by atoms with Gasteiger partial charge in [-0.1, -0.05) is 0 Å². The third-order valence-electron chi connectivity index (χ3n) is 6.96. The number of hydrogen-bond donors (Lipinski definition) is 0. The summed E-state index contributed by atoms with van der Waals surface area (Å²) in [4.78, 5) is 0. The summed E-state index contributed by atoms with van der Waals surface area (Å²) in [7, 11) is 0. The molecule has 218 valence electrons. The maximum absolute atomic E-state index is 6.89. The van der Waals surface area contributed by atoms with E-state index in [9.17, 15) is 0 Å². The van der Waals surface area contributed by atoms with E-state index in [-0.39, 0.29) is 38.3 Å². The minimum absolute atomic E-state index is 0.0412. The van der Waals surface area contributed by atoms with Gasteiger partial charge in [0.25, 0.3) is 0 Å². The van der Waals surface area contributed by atoms with Gasteiger partial charge in [-0.2, -0.15) is 0 Å². The minimum atomic E-state index is -0.412. The molecule has 6 heteroatoms. The van der Waals surface area contributed by atoms with Gasteiger partial charge in [-0.05, 0) is 0 Å². The van der Waals surface area contributed by atoms with Crippen LogP contribution < -0.4 is 4.46 Å². The first kappa shape index (κ1) is 30.4. The number of hydrogen-bond acceptors (Lipinski definition) is 5.